The van der Waals surface area contributed by atoms with Crippen LogP contribution in [0, 0.1) is 12.8 Å². The highest BCUT2D eigenvalue weighted by Crippen LogP contribution is 2.25. The standard InChI is InChI=1S/C13H21BrN2O2S2/c1-9(8-19-3)7-16-20(17,18)13-5-11(6-15)4-12(14)10(13)2/h4-5,9,16H,6-8,15H2,1-3H3. The lowest BCUT2D eigenvalue weighted by atomic mass is 10.1. The number of hydrogen-bond donors (Lipinski definition) is 2. The topological polar surface area (TPSA) is 72.2 Å². The zero-order valence-corrected chi connectivity index (χ0v) is 15.2. The summed E-state index contributed by atoms with van der Waals surface area (Å²) in [6, 6.07) is 3.49. The van der Waals surface area contributed by atoms with Gasteiger partial charge in [0.25, 0.3) is 0 Å². The van der Waals surface area contributed by atoms with Crippen LogP contribution < -0.4 is 10.5 Å². The largest absolute Gasteiger partial charge is 0.326 e. The number of nitrogens with one attached hydrogen (secondary N) is 1. The SMILES string of the molecule is CSCC(C)CNS(=O)(=O)c1cc(CN)cc(Br)c1C. The molecule has 3 N–H and O–H groups in total. The summed E-state index contributed by atoms with van der Waals surface area (Å²) in [6.07, 6.45) is 2.01. The summed E-state index contributed by atoms with van der Waals surface area (Å²) in [7, 11) is -3.50. The number of rotatable bonds is 7. The Morgan fingerprint density at radius 3 is 2.65 bits per heavy atom. The number of halogens is 1. The van der Waals surface area contributed by atoms with Gasteiger partial charge in [0.05, 0.1) is 4.90 Å². The normalized spacial score (nSPS) is 13.4. The van der Waals surface area contributed by atoms with Crippen LogP contribution in [0.3, 0.4) is 0 Å². The molecule has 1 aromatic carbocycles. The molecule has 0 heterocycles. The van der Waals surface area contributed by atoms with Crippen molar-refractivity contribution in [3.05, 3.63) is 27.7 Å². The molecular formula is C13H21BrN2O2S2. The second-order valence-electron chi connectivity index (χ2n) is 4.82. The maximum atomic E-state index is 12.4. The smallest absolute Gasteiger partial charge is 0.240 e. The van der Waals surface area contributed by atoms with Crippen LogP contribution in [0.5, 0.6) is 0 Å². The van der Waals surface area contributed by atoms with Crippen LogP contribution in [-0.4, -0.2) is 27.0 Å². The Labute approximate surface area is 134 Å². The quantitative estimate of drug-likeness (QED) is 0.761. The van der Waals surface area contributed by atoms with Crippen LogP contribution in [0.25, 0.3) is 0 Å². The lowest BCUT2D eigenvalue weighted by Crippen LogP contribution is -2.30. The molecule has 4 nitrogen and oxygen atoms in total. The molecule has 0 saturated heterocycles. The van der Waals surface area contributed by atoms with Gasteiger partial charge in [-0.2, -0.15) is 11.8 Å². The zero-order valence-electron chi connectivity index (χ0n) is 11.9. The summed E-state index contributed by atoms with van der Waals surface area (Å²) >= 11 is 5.09. The molecule has 1 rings (SSSR count). The molecule has 0 saturated carbocycles. The molecule has 1 aromatic rings. The van der Waals surface area contributed by atoms with Gasteiger partial charge in [0.2, 0.25) is 10.0 Å². The van der Waals surface area contributed by atoms with Crippen molar-refractivity contribution < 1.29 is 8.42 Å². The summed E-state index contributed by atoms with van der Waals surface area (Å²) < 4.78 is 28.2. The van der Waals surface area contributed by atoms with E-state index in [9.17, 15) is 8.42 Å². The molecule has 1 atom stereocenters. The number of hydrogen-bond acceptors (Lipinski definition) is 4. The van der Waals surface area contributed by atoms with Crippen LogP contribution in [0.4, 0.5) is 0 Å². The Morgan fingerprint density at radius 2 is 2.10 bits per heavy atom. The first-order chi connectivity index (χ1) is 9.31. The third-order valence-electron chi connectivity index (χ3n) is 2.95. The highest BCUT2D eigenvalue weighted by molar-refractivity contribution is 9.10. The Hall–Kier alpha value is -0.0800. The molecule has 0 amide bonds. The molecule has 7 heteroatoms. The summed E-state index contributed by atoms with van der Waals surface area (Å²) in [5.41, 5.74) is 7.10. The molecule has 0 aliphatic carbocycles. The average molecular weight is 381 g/mol. The molecule has 0 radical (unpaired) electrons. The van der Waals surface area contributed by atoms with E-state index in [4.69, 9.17) is 5.73 Å². The van der Waals surface area contributed by atoms with Crippen LogP contribution in [0.15, 0.2) is 21.5 Å². The second kappa shape index (κ2) is 7.79. The van der Waals surface area contributed by atoms with E-state index in [0.717, 1.165) is 15.8 Å². The van der Waals surface area contributed by atoms with E-state index in [-0.39, 0.29) is 0 Å². The summed E-state index contributed by atoms with van der Waals surface area (Å²) in [5, 5.41) is 0. The van der Waals surface area contributed by atoms with Crippen molar-refractivity contribution in [3.8, 4) is 0 Å². The van der Waals surface area contributed by atoms with E-state index in [1.165, 1.54) is 0 Å². The van der Waals surface area contributed by atoms with E-state index in [1.54, 1.807) is 24.8 Å². The first kappa shape index (κ1) is 18.0. The fourth-order valence-corrected chi connectivity index (χ4v) is 4.58. The van der Waals surface area contributed by atoms with Gasteiger partial charge in [-0.3, -0.25) is 0 Å². The van der Waals surface area contributed by atoms with Gasteiger partial charge in [-0.15, -0.1) is 0 Å². The van der Waals surface area contributed by atoms with Crippen molar-refractivity contribution >= 4 is 37.7 Å². The molecule has 0 fully saturated rings. The van der Waals surface area contributed by atoms with Gasteiger partial charge >= 0.3 is 0 Å². The van der Waals surface area contributed by atoms with Crippen molar-refractivity contribution in [1.82, 2.24) is 4.72 Å². The first-order valence-corrected chi connectivity index (χ1v) is 9.96. The highest BCUT2D eigenvalue weighted by Gasteiger charge is 2.19. The minimum Gasteiger partial charge on any atom is -0.326 e. The number of thioether (sulfide) groups is 1. The highest BCUT2D eigenvalue weighted by atomic mass is 79.9. The first-order valence-electron chi connectivity index (χ1n) is 6.29. The predicted octanol–water partition coefficient (Wildman–Crippen LogP) is 2.49. The molecule has 0 aliphatic heterocycles. The van der Waals surface area contributed by atoms with Gasteiger partial charge < -0.3 is 5.73 Å². The Morgan fingerprint density at radius 1 is 1.45 bits per heavy atom. The maximum Gasteiger partial charge on any atom is 0.240 e. The molecule has 0 aromatic heterocycles. The lowest BCUT2D eigenvalue weighted by Gasteiger charge is -2.15. The zero-order chi connectivity index (χ0) is 15.3. The minimum absolute atomic E-state index is 0.293. The van der Waals surface area contributed by atoms with Gasteiger partial charge in [-0.05, 0) is 48.1 Å². The van der Waals surface area contributed by atoms with E-state index in [2.05, 4.69) is 20.7 Å². The Balaban J connectivity index is 3.00. The molecule has 20 heavy (non-hydrogen) atoms. The number of sulfonamides is 1. The number of nitrogens with two attached hydrogens (primary N) is 1. The van der Waals surface area contributed by atoms with Gasteiger partial charge in [0.15, 0.2) is 0 Å². The summed E-state index contributed by atoms with van der Waals surface area (Å²) in [5.74, 6) is 1.22. The maximum absolute atomic E-state index is 12.4. The second-order valence-corrected chi connectivity index (χ2v) is 8.32. The lowest BCUT2D eigenvalue weighted by molar-refractivity contribution is 0.562. The van der Waals surface area contributed by atoms with Crippen molar-refractivity contribution in [2.45, 2.75) is 25.3 Å². The van der Waals surface area contributed by atoms with Crippen molar-refractivity contribution in [2.75, 3.05) is 18.6 Å². The summed E-state index contributed by atoms with van der Waals surface area (Å²) in [4.78, 5) is 0.295. The Bertz CT molecular complexity index is 562. The van der Waals surface area contributed by atoms with Crippen molar-refractivity contribution in [3.63, 3.8) is 0 Å². The van der Waals surface area contributed by atoms with Gasteiger partial charge in [0.1, 0.15) is 0 Å². The van der Waals surface area contributed by atoms with Crippen molar-refractivity contribution in [1.29, 1.82) is 0 Å². The van der Waals surface area contributed by atoms with E-state index in [1.807, 2.05) is 19.2 Å². The van der Waals surface area contributed by atoms with Crippen LogP contribution in [0.2, 0.25) is 0 Å². The van der Waals surface area contributed by atoms with E-state index < -0.39 is 10.0 Å². The van der Waals surface area contributed by atoms with Crippen molar-refractivity contribution in [2.24, 2.45) is 11.7 Å². The molecule has 0 spiro atoms. The fraction of sp³-hybridized carbons (Fsp3) is 0.538. The molecule has 0 bridgehead atoms. The molecule has 1 unspecified atom stereocenters. The van der Waals surface area contributed by atoms with E-state index >= 15 is 0 Å². The van der Waals surface area contributed by atoms with Gasteiger partial charge in [-0.1, -0.05) is 22.9 Å². The molecule has 0 aliphatic rings. The fourth-order valence-electron chi connectivity index (χ4n) is 1.78. The third kappa shape index (κ3) is 4.73. The van der Waals surface area contributed by atoms with Crippen LogP contribution in [-0.2, 0) is 16.6 Å². The van der Waals surface area contributed by atoms with E-state index in [0.29, 0.717) is 29.5 Å². The summed E-state index contributed by atoms with van der Waals surface area (Å²) in [6.45, 7) is 4.56. The van der Waals surface area contributed by atoms with Gasteiger partial charge in [-0.25, -0.2) is 13.1 Å². The van der Waals surface area contributed by atoms with Crippen LogP contribution in [0.1, 0.15) is 18.1 Å². The molecule has 114 valence electrons. The Kier molecular flexibility index (Phi) is 7.00. The molecular weight excluding hydrogens is 360 g/mol. The monoisotopic (exact) mass is 380 g/mol. The average Bonchev–Trinajstić information content (AvgIpc) is 2.39. The predicted molar refractivity (Wildman–Crippen MR) is 89.5 cm³/mol. The van der Waals surface area contributed by atoms with Crippen LogP contribution >= 0.6 is 27.7 Å². The number of benzene rings is 1. The minimum atomic E-state index is -3.50. The third-order valence-corrected chi connectivity index (χ3v) is 6.23. The van der Waals surface area contributed by atoms with Gasteiger partial charge in [0, 0.05) is 17.6 Å².